The number of carbonyl (C=O) groups excluding carboxylic acids is 2. The van der Waals surface area contributed by atoms with Crippen molar-refractivity contribution in [1.29, 1.82) is 0 Å². The van der Waals surface area contributed by atoms with Crippen molar-refractivity contribution in [3.8, 4) is 11.1 Å². The van der Waals surface area contributed by atoms with E-state index in [9.17, 15) is 9.59 Å². The molecule has 6 heteroatoms. The Balaban J connectivity index is 1.86. The molecule has 0 saturated heterocycles. The summed E-state index contributed by atoms with van der Waals surface area (Å²) in [7, 11) is 0. The van der Waals surface area contributed by atoms with Gasteiger partial charge in [-0.2, -0.15) is 0 Å². The van der Waals surface area contributed by atoms with E-state index >= 15 is 0 Å². The molecule has 0 radical (unpaired) electrons. The van der Waals surface area contributed by atoms with Gasteiger partial charge in [0.25, 0.3) is 5.91 Å². The van der Waals surface area contributed by atoms with Crippen LogP contribution >= 0.6 is 11.6 Å². The van der Waals surface area contributed by atoms with Crippen LogP contribution in [0.15, 0.2) is 46.9 Å². The fraction of sp³-hybridized carbons (Fsp3) is 0.304. The summed E-state index contributed by atoms with van der Waals surface area (Å²) >= 11 is 5.97. The molecule has 0 atom stereocenters. The van der Waals surface area contributed by atoms with Crippen LogP contribution in [0, 0.1) is 0 Å². The van der Waals surface area contributed by atoms with Crippen molar-refractivity contribution in [2.75, 3.05) is 13.2 Å². The molecule has 5 nitrogen and oxygen atoms in total. The van der Waals surface area contributed by atoms with Gasteiger partial charge in [0.1, 0.15) is 5.58 Å². The zero-order chi connectivity index (χ0) is 20.8. The number of nitrogens with one attached hydrogen (secondary N) is 1. The first-order valence-corrected chi connectivity index (χ1v) is 10.2. The van der Waals surface area contributed by atoms with Crippen molar-refractivity contribution in [3.05, 3.63) is 58.8 Å². The van der Waals surface area contributed by atoms with Crippen LogP contribution in [0.3, 0.4) is 0 Å². The Morgan fingerprint density at radius 2 is 1.79 bits per heavy atom. The number of ether oxygens (including phenoxy) is 1. The molecule has 152 valence electrons. The number of furan rings is 1. The first-order chi connectivity index (χ1) is 14.0. The molecular weight excluding hydrogens is 390 g/mol. The lowest BCUT2D eigenvalue weighted by Crippen LogP contribution is -2.27. The van der Waals surface area contributed by atoms with E-state index in [2.05, 4.69) is 12.2 Å². The Hall–Kier alpha value is -2.79. The predicted molar refractivity (Wildman–Crippen MR) is 114 cm³/mol. The van der Waals surface area contributed by atoms with Gasteiger partial charge in [0.15, 0.2) is 5.76 Å². The van der Waals surface area contributed by atoms with Crippen LogP contribution in [-0.2, 0) is 16.0 Å². The van der Waals surface area contributed by atoms with Gasteiger partial charge in [-0.05, 0) is 42.7 Å². The molecular formula is C23H24ClNO4. The van der Waals surface area contributed by atoms with Crippen LogP contribution in [0.25, 0.3) is 22.1 Å². The fourth-order valence-corrected chi connectivity index (χ4v) is 3.37. The third-order valence-corrected chi connectivity index (χ3v) is 4.85. The van der Waals surface area contributed by atoms with Gasteiger partial charge < -0.3 is 14.5 Å². The van der Waals surface area contributed by atoms with Crippen LogP contribution in [-0.4, -0.2) is 25.0 Å². The lowest BCUT2D eigenvalue weighted by atomic mass is 10.0. The van der Waals surface area contributed by atoms with E-state index in [0.717, 1.165) is 34.9 Å². The number of hydrogen-bond donors (Lipinski definition) is 1. The average Bonchev–Trinajstić information content (AvgIpc) is 3.07. The highest BCUT2D eigenvalue weighted by atomic mass is 35.5. The summed E-state index contributed by atoms with van der Waals surface area (Å²) in [6.45, 7) is 4.34. The maximum absolute atomic E-state index is 12.7. The van der Waals surface area contributed by atoms with Gasteiger partial charge in [0.05, 0.1) is 13.0 Å². The Labute approximate surface area is 175 Å². The van der Waals surface area contributed by atoms with Crippen LogP contribution in [0.2, 0.25) is 5.02 Å². The van der Waals surface area contributed by atoms with E-state index in [0.29, 0.717) is 23.0 Å². The van der Waals surface area contributed by atoms with E-state index in [1.165, 1.54) is 0 Å². The largest absolute Gasteiger partial charge is 0.466 e. The molecule has 0 bridgehead atoms. The number of aryl methyl sites for hydroxylation is 1. The number of esters is 1. The van der Waals surface area contributed by atoms with Crippen LogP contribution in [0.4, 0.5) is 0 Å². The van der Waals surface area contributed by atoms with Gasteiger partial charge in [-0.25, -0.2) is 0 Å². The van der Waals surface area contributed by atoms with Gasteiger partial charge in [-0.3, -0.25) is 9.59 Å². The number of halogens is 1. The molecule has 1 heterocycles. The van der Waals surface area contributed by atoms with Crippen LogP contribution < -0.4 is 5.32 Å². The maximum atomic E-state index is 12.7. The number of amides is 1. The van der Waals surface area contributed by atoms with Crippen LogP contribution in [0.1, 0.15) is 42.8 Å². The maximum Gasteiger partial charge on any atom is 0.307 e. The lowest BCUT2D eigenvalue weighted by Gasteiger charge is -2.05. The smallest absolute Gasteiger partial charge is 0.307 e. The predicted octanol–water partition coefficient (Wildman–Crippen LogP) is 5.39. The molecule has 29 heavy (non-hydrogen) atoms. The molecule has 0 spiro atoms. The molecule has 0 unspecified atom stereocenters. The molecule has 0 aliphatic carbocycles. The van der Waals surface area contributed by atoms with E-state index in [1.54, 1.807) is 6.92 Å². The van der Waals surface area contributed by atoms with Gasteiger partial charge in [0, 0.05) is 22.5 Å². The molecule has 0 aliphatic heterocycles. The third-order valence-electron chi connectivity index (χ3n) is 4.60. The normalized spacial score (nSPS) is 10.9. The van der Waals surface area contributed by atoms with Crippen molar-refractivity contribution >= 4 is 34.4 Å². The average molecular weight is 414 g/mol. The monoisotopic (exact) mass is 413 g/mol. The summed E-state index contributed by atoms with van der Waals surface area (Å²) < 4.78 is 10.8. The molecule has 3 rings (SSSR count). The van der Waals surface area contributed by atoms with Gasteiger partial charge in [-0.15, -0.1) is 0 Å². The molecule has 0 fully saturated rings. The fourth-order valence-electron chi connectivity index (χ4n) is 3.24. The van der Waals surface area contributed by atoms with E-state index < -0.39 is 0 Å². The van der Waals surface area contributed by atoms with E-state index in [1.807, 2.05) is 42.5 Å². The number of carbonyl (C=O) groups is 2. The Kier molecular flexibility index (Phi) is 6.94. The minimum Gasteiger partial charge on any atom is -0.466 e. The highest BCUT2D eigenvalue weighted by Crippen LogP contribution is 2.31. The SMILES string of the molecule is CCCc1c(C(=O)NCCC(=O)OCC)oc2cc(-c3ccc(Cl)cc3)ccc12. The second-order valence-corrected chi connectivity index (χ2v) is 7.12. The standard InChI is InChI=1S/C23H24ClNO4/c1-3-5-19-18-11-8-16(15-6-9-17(24)10-7-15)14-20(18)29-22(19)23(27)25-13-12-21(26)28-4-2/h6-11,14H,3-5,12-13H2,1-2H3,(H,25,27). The molecule has 3 aromatic rings. The molecule has 1 amide bonds. The van der Waals surface area contributed by atoms with Crippen LogP contribution in [0.5, 0.6) is 0 Å². The first-order valence-electron chi connectivity index (χ1n) is 9.78. The number of benzene rings is 2. The number of hydrogen-bond acceptors (Lipinski definition) is 4. The van der Waals surface area contributed by atoms with Gasteiger partial charge >= 0.3 is 5.97 Å². The summed E-state index contributed by atoms with van der Waals surface area (Å²) in [6, 6.07) is 13.5. The number of fused-ring (bicyclic) bond motifs is 1. The Morgan fingerprint density at radius 1 is 1.07 bits per heavy atom. The first kappa shape index (κ1) is 20.9. The summed E-state index contributed by atoms with van der Waals surface area (Å²) in [5.41, 5.74) is 3.56. The van der Waals surface area contributed by atoms with Crippen molar-refractivity contribution < 1.29 is 18.7 Å². The van der Waals surface area contributed by atoms with Crippen molar-refractivity contribution in [1.82, 2.24) is 5.32 Å². The minimum absolute atomic E-state index is 0.129. The number of rotatable bonds is 8. The topological polar surface area (TPSA) is 68.5 Å². The van der Waals surface area contributed by atoms with Crippen molar-refractivity contribution in [3.63, 3.8) is 0 Å². The molecule has 1 N–H and O–H groups in total. The Bertz CT molecular complexity index is 1010. The highest BCUT2D eigenvalue weighted by molar-refractivity contribution is 6.30. The highest BCUT2D eigenvalue weighted by Gasteiger charge is 2.20. The third kappa shape index (κ3) is 4.98. The second-order valence-electron chi connectivity index (χ2n) is 6.69. The van der Waals surface area contributed by atoms with Crippen molar-refractivity contribution in [2.24, 2.45) is 0 Å². The van der Waals surface area contributed by atoms with Gasteiger partial charge in [0.2, 0.25) is 0 Å². The van der Waals surface area contributed by atoms with Crippen molar-refractivity contribution in [2.45, 2.75) is 33.1 Å². The summed E-state index contributed by atoms with van der Waals surface area (Å²) in [6.07, 6.45) is 1.74. The summed E-state index contributed by atoms with van der Waals surface area (Å²) in [5.74, 6) is -0.347. The molecule has 1 aromatic heterocycles. The minimum atomic E-state index is -0.334. The molecule has 2 aromatic carbocycles. The molecule has 0 aliphatic rings. The summed E-state index contributed by atoms with van der Waals surface area (Å²) in [4.78, 5) is 24.1. The van der Waals surface area contributed by atoms with E-state index in [4.69, 9.17) is 20.8 Å². The zero-order valence-corrected chi connectivity index (χ0v) is 17.3. The van der Waals surface area contributed by atoms with E-state index in [-0.39, 0.29) is 24.8 Å². The van der Waals surface area contributed by atoms with Gasteiger partial charge in [-0.1, -0.05) is 49.2 Å². The second kappa shape index (κ2) is 9.61. The molecule has 0 saturated carbocycles. The Morgan fingerprint density at radius 3 is 2.48 bits per heavy atom. The zero-order valence-electron chi connectivity index (χ0n) is 16.6. The summed E-state index contributed by atoms with van der Waals surface area (Å²) in [5, 5.41) is 4.36. The quantitative estimate of drug-likeness (QED) is 0.503. The lowest BCUT2D eigenvalue weighted by molar-refractivity contribution is -0.142.